The molecule has 2 atom stereocenters. The first-order valence-corrected chi connectivity index (χ1v) is 12.2. The lowest BCUT2D eigenvalue weighted by Crippen LogP contribution is -2.42. The first-order chi connectivity index (χ1) is 16.9. The van der Waals surface area contributed by atoms with Crippen LogP contribution < -0.4 is 4.74 Å². The Bertz CT molecular complexity index is 1070. The molecule has 2 aliphatic rings. The molecule has 0 N–H and O–H groups in total. The van der Waals surface area contributed by atoms with Gasteiger partial charge in [0.1, 0.15) is 11.7 Å². The minimum Gasteiger partial charge on any atom is -0.493 e. The monoisotopic (exact) mass is 479 g/mol. The van der Waals surface area contributed by atoms with Crippen molar-refractivity contribution in [1.29, 1.82) is 0 Å². The average Bonchev–Trinajstić information content (AvgIpc) is 3.12. The minimum absolute atomic E-state index is 0.349. The molecule has 0 radical (unpaired) electrons. The molecule has 3 heterocycles. The molecule has 2 fully saturated rings. The van der Waals surface area contributed by atoms with E-state index < -0.39 is 23.7 Å². The van der Waals surface area contributed by atoms with Crippen LogP contribution in [0.15, 0.2) is 42.7 Å². The number of hydrogen-bond acceptors (Lipinski definition) is 7. The summed E-state index contributed by atoms with van der Waals surface area (Å²) in [5, 5.41) is 0. The summed E-state index contributed by atoms with van der Waals surface area (Å²) in [4.78, 5) is 47.9. The third-order valence-corrected chi connectivity index (χ3v) is 6.53. The quantitative estimate of drug-likeness (QED) is 0.310. The topological polar surface area (TPSA) is 89.0 Å². The highest BCUT2D eigenvalue weighted by Crippen LogP contribution is 2.38. The Hall–Kier alpha value is -3.10. The average molecular weight is 480 g/mol. The Morgan fingerprint density at radius 3 is 2.49 bits per heavy atom. The molecule has 0 spiro atoms. The van der Waals surface area contributed by atoms with Gasteiger partial charge in [-0.05, 0) is 54.3 Å². The third-order valence-electron chi connectivity index (χ3n) is 6.53. The maximum Gasteiger partial charge on any atom is 0.291 e. The second kappa shape index (κ2) is 11.1. The summed E-state index contributed by atoms with van der Waals surface area (Å²) < 4.78 is 11.2. The smallest absolute Gasteiger partial charge is 0.291 e. The summed E-state index contributed by atoms with van der Waals surface area (Å²) in [5.41, 5.74) is 1.95. The van der Waals surface area contributed by atoms with Crippen molar-refractivity contribution in [2.24, 2.45) is 11.8 Å². The number of likely N-dealkylation sites (tertiary alicyclic amines) is 1. The number of Topliss-reactive ketones (excluding diaryl/α,β-unsaturated/α-hetero) is 2. The largest absolute Gasteiger partial charge is 0.493 e. The summed E-state index contributed by atoms with van der Waals surface area (Å²) in [6, 6.07) is 8.07. The minimum atomic E-state index is -1.10. The Morgan fingerprint density at radius 2 is 1.83 bits per heavy atom. The van der Waals surface area contributed by atoms with Gasteiger partial charge in [0.25, 0.3) is 5.91 Å². The lowest BCUT2D eigenvalue weighted by Gasteiger charge is -2.31. The number of ether oxygens (including phenoxy) is 2. The van der Waals surface area contributed by atoms with Crippen LogP contribution in [0.5, 0.6) is 5.75 Å². The van der Waals surface area contributed by atoms with Crippen LogP contribution in [0.3, 0.4) is 0 Å². The molecule has 1 aromatic heterocycles. The van der Waals surface area contributed by atoms with E-state index in [1.807, 2.05) is 6.92 Å². The van der Waals surface area contributed by atoms with Crippen LogP contribution in [0.25, 0.3) is 0 Å². The van der Waals surface area contributed by atoms with E-state index >= 15 is 0 Å². The second-order valence-electron chi connectivity index (χ2n) is 9.57. The molecule has 35 heavy (non-hydrogen) atoms. The van der Waals surface area contributed by atoms with Crippen LogP contribution >= 0.6 is 0 Å². The van der Waals surface area contributed by atoms with E-state index in [1.165, 1.54) is 0 Å². The Kier molecular flexibility index (Phi) is 7.93. The van der Waals surface area contributed by atoms with Gasteiger partial charge in [-0.3, -0.25) is 24.3 Å². The van der Waals surface area contributed by atoms with E-state index in [2.05, 4.69) is 23.7 Å². The number of morpholine rings is 1. The van der Waals surface area contributed by atoms with Gasteiger partial charge in [-0.2, -0.15) is 0 Å². The molecular weight excluding hydrogens is 446 g/mol. The van der Waals surface area contributed by atoms with Gasteiger partial charge < -0.3 is 14.4 Å². The van der Waals surface area contributed by atoms with Crippen molar-refractivity contribution in [3.63, 3.8) is 0 Å². The Labute approximate surface area is 206 Å². The predicted octanol–water partition coefficient (Wildman–Crippen LogP) is 2.71. The van der Waals surface area contributed by atoms with E-state index in [0.717, 1.165) is 24.2 Å². The van der Waals surface area contributed by atoms with E-state index in [9.17, 15) is 14.4 Å². The predicted molar refractivity (Wildman–Crippen MR) is 130 cm³/mol. The highest BCUT2D eigenvalue weighted by molar-refractivity contribution is 6.44. The number of aryl methyl sites for hydroxylation is 1. The number of amides is 1. The van der Waals surface area contributed by atoms with Crippen molar-refractivity contribution < 1.29 is 23.9 Å². The standard InChI is InChI=1S/C27H33N3O5/c1-18(2)17-35-22-5-4-21(16-19(22)3)25(31)23-24(20-6-8-28-9-7-20)30(27(33)26(23)32)11-10-29-12-14-34-15-13-29/h4-9,16,18,23-24H,10-15,17H2,1-3H3. The maximum atomic E-state index is 13.7. The van der Waals surface area contributed by atoms with E-state index in [0.29, 0.717) is 50.1 Å². The van der Waals surface area contributed by atoms with Crippen LogP contribution in [-0.4, -0.2) is 78.3 Å². The summed E-state index contributed by atoms with van der Waals surface area (Å²) >= 11 is 0. The lowest BCUT2D eigenvalue weighted by atomic mass is 9.86. The molecule has 4 rings (SSSR count). The van der Waals surface area contributed by atoms with Crippen molar-refractivity contribution in [3.05, 3.63) is 59.4 Å². The number of carbonyl (C=O) groups is 3. The molecule has 186 valence electrons. The zero-order chi connectivity index (χ0) is 24.9. The van der Waals surface area contributed by atoms with Gasteiger partial charge in [0.15, 0.2) is 5.78 Å². The van der Waals surface area contributed by atoms with Gasteiger partial charge in [-0.1, -0.05) is 13.8 Å². The summed E-state index contributed by atoms with van der Waals surface area (Å²) in [7, 11) is 0. The highest BCUT2D eigenvalue weighted by atomic mass is 16.5. The molecular formula is C27H33N3O5. The molecule has 2 unspecified atom stereocenters. The molecule has 8 nitrogen and oxygen atoms in total. The van der Waals surface area contributed by atoms with Crippen molar-refractivity contribution in [1.82, 2.24) is 14.8 Å². The molecule has 1 aromatic carbocycles. The molecule has 0 bridgehead atoms. The summed E-state index contributed by atoms with van der Waals surface area (Å²) in [6.07, 6.45) is 3.24. The van der Waals surface area contributed by atoms with Gasteiger partial charge in [-0.25, -0.2) is 0 Å². The number of aromatic nitrogens is 1. The van der Waals surface area contributed by atoms with Crippen LogP contribution in [-0.2, 0) is 14.3 Å². The Morgan fingerprint density at radius 1 is 1.11 bits per heavy atom. The number of carbonyl (C=O) groups excluding carboxylic acids is 3. The van der Waals surface area contributed by atoms with Crippen LogP contribution in [0.1, 0.15) is 41.4 Å². The molecule has 2 aromatic rings. The van der Waals surface area contributed by atoms with Crippen LogP contribution in [0, 0.1) is 18.8 Å². The second-order valence-corrected chi connectivity index (χ2v) is 9.57. The zero-order valence-electron chi connectivity index (χ0n) is 20.6. The van der Waals surface area contributed by atoms with Gasteiger partial charge in [-0.15, -0.1) is 0 Å². The number of nitrogens with zero attached hydrogens (tertiary/aromatic N) is 3. The Balaban J connectivity index is 1.60. The molecule has 2 aliphatic heterocycles. The van der Waals surface area contributed by atoms with Crippen molar-refractivity contribution >= 4 is 17.5 Å². The first kappa shape index (κ1) is 25.0. The van der Waals surface area contributed by atoms with Crippen LogP contribution in [0.2, 0.25) is 0 Å². The maximum absolute atomic E-state index is 13.7. The fourth-order valence-electron chi connectivity index (χ4n) is 4.63. The molecule has 0 aliphatic carbocycles. The van der Waals surface area contributed by atoms with Crippen molar-refractivity contribution in [2.75, 3.05) is 46.0 Å². The number of pyridine rings is 1. The summed E-state index contributed by atoms with van der Waals surface area (Å²) in [5.74, 6) is -1.62. The molecule has 2 saturated heterocycles. The molecule has 0 saturated carbocycles. The van der Waals surface area contributed by atoms with Crippen molar-refractivity contribution in [2.45, 2.75) is 26.8 Å². The van der Waals surface area contributed by atoms with Gasteiger partial charge in [0.2, 0.25) is 5.78 Å². The van der Waals surface area contributed by atoms with E-state index in [4.69, 9.17) is 9.47 Å². The number of benzene rings is 1. The van der Waals surface area contributed by atoms with Crippen LogP contribution in [0.4, 0.5) is 0 Å². The van der Waals surface area contributed by atoms with Gasteiger partial charge in [0, 0.05) is 44.1 Å². The van der Waals surface area contributed by atoms with E-state index in [1.54, 1.807) is 47.6 Å². The van der Waals surface area contributed by atoms with E-state index in [-0.39, 0.29) is 5.78 Å². The summed E-state index contributed by atoms with van der Waals surface area (Å²) in [6.45, 7) is 10.4. The third kappa shape index (κ3) is 5.60. The lowest BCUT2D eigenvalue weighted by molar-refractivity contribution is -0.141. The first-order valence-electron chi connectivity index (χ1n) is 12.2. The number of hydrogen-bond donors (Lipinski definition) is 0. The zero-order valence-corrected chi connectivity index (χ0v) is 20.6. The SMILES string of the molecule is Cc1cc(C(=O)C2C(=O)C(=O)N(CCN3CCOCC3)C2c2ccncc2)ccc1OCC(C)C. The normalized spacial score (nSPS) is 21.1. The molecule has 1 amide bonds. The number of ketones is 2. The molecule has 8 heteroatoms. The highest BCUT2D eigenvalue weighted by Gasteiger charge is 2.51. The van der Waals surface area contributed by atoms with Gasteiger partial charge in [0.05, 0.1) is 25.9 Å². The number of rotatable bonds is 9. The fraction of sp³-hybridized carbons (Fsp3) is 0.481. The van der Waals surface area contributed by atoms with Crippen molar-refractivity contribution in [3.8, 4) is 5.75 Å². The van der Waals surface area contributed by atoms with Gasteiger partial charge >= 0.3 is 0 Å². The fourth-order valence-corrected chi connectivity index (χ4v) is 4.63.